The summed E-state index contributed by atoms with van der Waals surface area (Å²) in [6, 6.07) is 8.41. The Balaban J connectivity index is 2.60. The van der Waals surface area contributed by atoms with Gasteiger partial charge in [-0.3, -0.25) is 0 Å². The van der Waals surface area contributed by atoms with E-state index in [0.717, 1.165) is 18.2 Å². The van der Waals surface area contributed by atoms with E-state index in [4.69, 9.17) is 5.11 Å². The van der Waals surface area contributed by atoms with Gasteiger partial charge in [0.05, 0.1) is 12.2 Å². The third-order valence-electron chi connectivity index (χ3n) is 2.75. The fraction of sp³-hybridized carbons (Fsp3) is 0.143. The lowest BCUT2D eigenvalue weighted by atomic mass is 9.97. The highest BCUT2D eigenvalue weighted by Gasteiger charge is 2.30. The summed E-state index contributed by atoms with van der Waals surface area (Å²) in [5, 5.41) is 9.14. The number of hydrogen-bond acceptors (Lipinski definition) is 1. The van der Waals surface area contributed by atoms with Crippen LogP contribution in [0.1, 0.15) is 11.1 Å². The molecule has 0 aliphatic heterocycles. The van der Waals surface area contributed by atoms with Crippen molar-refractivity contribution in [1.29, 1.82) is 0 Å². The van der Waals surface area contributed by atoms with Gasteiger partial charge in [0, 0.05) is 5.56 Å². The van der Waals surface area contributed by atoms with Crippen molar-refractivity contribution < 1.29 is 22.7 Å². The molecule has 5 heteroatoms. The first-order chi connectivity index (χ1) is 8.93. The van der Waals surface area contributed by atoms with Gasteiger partial charge in [0.25, 0.3) is 0 Å². The van der Waals surface area contributed by atoms with Crippen LogP contribution in [-0.2, 0) is 12.8 Å². The van der Waals surface area contributed by atoms with Crippen LogP contribution in [0.25, 0.3) is 11.1 Å². The lowest BCUT2D eigenvalue weighted by Gasteiger charge is -2.12. The molecule has 0 radical (unpaired) electrons. The van der Waals surface area contributed by atoms with Crippen molar-refractivity contribution in [2.24, 2.45) is 0 Å². The van der Waals surface area contributed by atoms with E-state index in [0.29, 0.717) is 0 Å². The van der Waals surface area contributed by atoms with Crippen LogP contribution < -0.4 is 0 Å². The highest BCUT2D eigenvalue weighted by Crippen LogP contribution is 2.34. The number of aliphatic hydroxyl groups excluding tert-OH is 1. The molecule has 2 rings (SSSR count). The minimum Gasteiger partial charge on any atom is -0.392 e. The van der Waals surface area contributed by atoms with E-state index in [1.165, 1.54) is 24.3 Å². The van der Waals surface area contributed by atoms with Crippen molar-refractivity contribution in [2.45, 2.75) is 12.8 Å². The number of benzene rings is 2. The molecule has 0 bridgehead atoms. The maximum atomic E-state index is 13.8. The predicted molar refractivity (Wildman–Crippen MR) is 62.8 cm³/mol. The van der Waals surface area contributed by atoms with Crippen molar-refractivity contribution in [3.8, 4) is 11.1 Å². The lowest BCUT2D eigenvalue weighted by molar-refractivity contribution is -0.137. The van der Waals surface area contributed by atoms with Gasteiger partial charge in [-0.1, -0.05) is 24.3 Å². The van der Waals surface area contributed by atoms with Gasteiger partial charge in [-0.15, -0.1) is 0 Å². The van der Waals surface area contributed by atoms with Crippen LogP contribution in [-0.4, -0.2) is 5.11 Å². The molecule has 2 aromatic carbocycles. The second kappa shape index (κ2) is 5.01. The molecule has 0 aromatic heterocycles. The molecule has 0 aliphatic rings. The van der Waals surface area contributed by atoms with Crippen molar-refractivity contribution >= 4 is 0 Å². The van der Waals surface area contributed by atoms with Crippen molar-refractivity contribution in [2.75, 3.05) is 0 Å². The van der Waals surface area contributed by atoms with Crippen LogP contribution in [0.2, 0.25) is 0 Å². The number of alkyl halides is 3. The van der Waals surface area contributed by atoms with E-state index in [2.05, 4.69) is 0 Å². The SMILES string of the molecule is OCc1cccc(F)c1-c1cccc(C(F)(F)F)c1. The summed E-state index contributed by atoms with van der Waals surface area (Å²) in [7, 11) is 0. The van der Waals surface area contributed by atoms with Gasteiger partial charge in [0.15, 0.2) is 0 Å². The van der Waals surface area contributed by atoms with Crippen LogP contribution in [0.5, 0.6) is 0 Å². The Hall–Kier alpha value is -1.88. The zero-order valence-corrected chi connectivity index (χ0v) is 9.71. The average molecular weight is 270 g/mol. The van der Waals surface area contributed by atoms with Gasteiger partial charge in [0.2, 0.25) is 0 Å². The van der Waals surface area contributed by atoms with Gasteiger partial charge in [-0.05, 0) is 29.3 Å². The fourth-order valence-corrected chi connectivity index (χ4v) is 1.87. The molecule has 100 valence electrons. The monoisotopic (exact) mass is 270 g/mol. The summed E-state index contributed by atoms with van der Waals surface area (Å²) in [4.78, 5) is 0. The van der Waals surface area contributed by atoms with E-state index < -0.39 is 24.2 Å². The topological polar surface area (TPSA) is 20.2 Å². The number of aliphatic hydroxyl groups is 1. The quantitative estimate of drug-likeness (QED) is 0.818. The van der Waals surface area contributed by atoms with E-state index in [1.807, 2.05) is 0 Å². The normalized spacial score (nSPS) is 11.6. The molecule has 0 amide bonds. The van der Waals surface area contributed by atoms with Crippen LogP contribution in [0.15, 0.2) is 42.5 Å². The largest absolute Gasteiger partial charge is 0.416 e. The molecule has 0 heterocycles. The van der Waals surface area contributed by atoms with Crippen LogP contribution >= 0.6 is 0 Å². The standard InChI is InChI=1S/C14H10F4O/c15-12-6-2-4-10(8-19)13(12)9-3-1-5-11(7-9)14(16,17)18/h1-7,19H,8H2. The molecule has 2 aromatic rings. The van der Waals surface area contributed by atoms with E-state index in [-0.39, 0.29) is 16.7 Å². The highest BCUT2D eigenvalue weighted by molar-refractivity contribution is 5.68. The number of rotatable bonds is 2. The Bertz CT molecular complexity index is 590. The van der Waals surface area contributed by atoms with Gasteiger partial charge in [-0.2, -0.15) is 13.2 Å². The first kappa shape index (κ1) is 13.5. The molecule has 0 spiro atoms. The third-order valence-corrected chi connectivity index (χ3v) is 2.75. The zero-order chi connectivity index (χ0) is 14.0. The Labute approximate surface area is 107 Å². The molecule has 0 saturated carbocycles. The molecule has 19 heavy (non-hydrogen) atoms. The Morgan fingerprint density at radius 1 is 1.00 bits per heavy atom. The van der Waals surface area contributed by atoms with Gasteiger partial charge in [-0.25, -0.2) is 4.39 Å². The maximum absolute atomic E-state index is 13.8. The summed E-state index contributed by atoms with van der Waals surface area (Å²) in [5.74, 6) is -0.661. The van der Waals surface area contributed by atoms with Crippen molar-refractivity contribution in [3.05, 3.63) is 59.4 Å². The molecular formula is C14H10F4O. The highest BCUT2D eigenvalue weighted by atomic mass is 19.4. The minimum absolute atomic E-state index is 0.00361. The molecule has 1 nitrogen and oxygen atoms in total. The maximum Gasteiger partial charge on any atom is 0.416 e. The second-order valence-corrected chi connectivity index (χ2v) is 4.01. The van der Waals surface area contributed by atoms with Crippen LogP contribution in [0.3, 0.4) is 0 Å². The zero-order valence-electron chi connectivity index (χ0n) is 9.71. The molecular weight excluding hydrogens is 260 g/mol. The molecule has 0 fully saturated rings. The second-order valence-electron chi connectivity index (χ2n) is 4.01. The molecule has 0 unspecified atom stereocenters. The van der Waals surface area contributed by atoms with E-state index in [9.17, 15) is 17.6 Å². The summed E-state index contributed by atoms with van der Waals surface area (Å²) < 4.78 is 51.6. The Morgan fingerprint density at radius 3 is 2.32 bits per heavy atom. The van der Waals surface area contributed by atoms with Gasteiger partial charge < -0.3 is 5.11 Å². The summed E-state index contributed by atoms with van der Waals surface area (Å²) in [6.45, 7) is -0.441. The van der Waals surface area contributed by atoms with Gasteiger partial charge in [0.1, 0.15) is 5.82 Å². The fourth-order valence-electron chi connectivity index (χ4n) is 1.87. The average Bonchev–Trinajstić information content (AvgIpc) is 2.37. The summed E-state index contributed by atoms with van der Waals surface area (Å²) >= 11 is 0. The first-order valence-electron chi connectivity index (χ1n) is 5.49. The molecule has 1 N–H and O–H groups in total. The molecule has 0 saturated heterocycles. The number of hydrogen-bond donors (Lipinski definition) is 1. The van der Waals surface area contributed by atoms with Crippen LogP contribution in [0.4, 0.5) is 17.6 Å². The Morgan fingerprint density at radius 2 is 1.68 bits per heavy atom. The summed E-state index contributed by atoms with van der Waals surface area (Å²) in [5.41, 5.74) is -0.510. The molecule has 0 atom stereocenters. The van der Waals surface area contributed by atoms with E-state index >= 15 is 0 Å². The van der Waals surface area contributed by atoms with E-state index in [1.54, 1.807) is 0 Å². The smallest absolute Gasteiger partial charge is 0.392 e. The minimum atomic E-state index is -4.49. The first-order valence-corrected chi connectivity index (χ1v) is 5.49. The third kappa shape index (κ3) is 2.76. The molecule has 0 aliphatic carbocycles. The van der Waals surface area contributed by atoms with Gasteiger partial charge >= 0.3 is 6.18 Å². The van der Waals surface area contributed by atoms with Crippen LogP contribution in [0, 0.1) is 5.82 Å². The lowest BCUT2D eigenvalue weighted by Crippen LogP contribution is -2.05. The number of halogens is 4. The Kier molecular flexibility index (Phi) is 3.57. The summed E-state index contributed by atoms with van der Waals surface area (Å²) in [6.07, 6.45) is -4.49. The van der Waals surface area contributed by atoms with Crippen molar-refractivity contribution in [3.63, 3.8) is 0 Å². The predicted octanol–water partition coefficient (Wildman–Crippen LogP) is 4.00. The van der Waals surface area contributed by atoms with Crippen molar-refractivity contribution in [1.82, 2.24) is 0 Å².